The monoisotopic (exact) mass is 807 g/mol. The van der Waals surface area contributed by atoms with Crippen LogP contribution in [0.5, 0.6) is 0 Å². The lowest BCUT2D eigenvalue weighted by atomic mass is 10.1. The van der Waals surface area contributed by atoms with Gasteiger partial charge in [0.25, 0.3) is 0 Å². The summed E-state index contributed by atoms with van der Waals surface area (Å²) in [5.41, 5.74) is 0. The molecule has 2 N–H and O–H groups in total. The van der Waals surface area contributed by atoms with E-state index in [-0.39, 0.29) is 32.2 Å². The zero-order valence-electron chi connectivity index (χ0n) is 35.9. The summed E-state index contributed by atoms with van der Waals surface area (Å²) in [7, 11) is 1.60. The standard InChI is InChI=1S/C46H80NO8P/c1-6-8-10-11-12-13-14-15-16-17-20-23-26-29-32-35-40-52-45(43-55-56(50,51)54-41-39-47(3,4)5)42-53-46(49)38-34-31-28-25-22-19-18-21-24-27-30-33-37-44(48)36-9-7-2/h9,13-14,18-19,24-25,27-28,30,33,35-36,40,44-45,48H,6-8,10-12,15-17,20-23,26,29,31-32,34,37-39,41-43H2,1-5H3/p+1/b14-13-,19-18-,27-24-,28-25-,33-30+,36-9-,40-35+/t44?,45-/m1/s1. The van der Waals surface area contributed by atoms with E-state index in [2.05, 4.69) is 49.5 Å². The maximum atomic E-state index is 12.5. The molecule has 0 aromatic heterocycles. The number of rotatable bonds is 38. The predicted octanol–water partition coefficient (Wildman–Crippen LogP) is 11.8. The van der Waals surface area contributed by atoms with Crippen LogP contribution in [0, 0.1) is 0 Å². The number of aliphatic hydroxyl groups is 1. The molecule has 0 heterocycles. The van der Waals surface area contributed by atoms with Crippen LogP contribution in [-0.4, -0.2) is 80.2 Å². The maximum absolute atomic E-state index is 12.5. The molecule has 0 saturated heterocycles. The number of hydrogen-bond acceptors (Lipinski definition) is 7. The van der Waals surface area contributed by atoms with E-state index in [0.29, 0.717) is 23.9 Å². The molecule has 9 nitrogen and oxygen atoms in total. The largest absolute Gasteiger partial charge is 0.492 e. The zero-order valence-corrected chi connectivity index (χ0v) is 36.8. The number of unbranched alkanes of at least 4 members (excludes halogenated alkanes) is 12. The second kappa shape index (κ2) is 38.0. The fourth-order valence-corrected chi connectivity index (χ4v) is 5.92. The van der Waals surface area contributed by atoms with Crippen LogP contribution in [0.25, 0.3) is 0 Å². The van der Waals surface area contributed by atoms with Gasteiger partial charge in [0.2, 0.25) is 0 Å². The number of nitrogens with zero attached hydrogens (tertiary/aromatic N) is 1. The molecule has 322 valence electrons. The molecule has 3 atom stereocenters. The quantitative estimate of drug-likeness (QED) is 0.0121. The SMILES string of the molecule is CC/C=C\C(O)C/C=C/C=C\C/C=C\C/C=C\CCCC(=O)OC[C@H](COP(=O)(O)OCC[N+](C)(C)C)O/C=C/CCCCCCCC/C=C\CCCCCC. The Bertz CT molecular complexity index is 1180. The topological polar surface area (TPSA) is 112 Å². The first-order chi connectivity index (χ1) is 27.0. The number of esters is 1. The zero-order chi connectivity index (χ0) is 41.4. The third-order valence-electron chi connectivity index (χ3n) is 8.60. The van der Waals surface area contributed by atoms with E-state index in [1.54, 1.807) is 6.26 Å². The highest BCUT2D eigenvalue weighted by molar-refractivity contribution is 7.47. The fraction of sp³-hybridized carbons (Fsp3) is 0.674. The van der Waals surface area contributed by atoms with Crippen LogP contribution in [0.4, 0.5) is 0 Å². The third-order valence-corrected chi connectivity index (χ3v) is 9.59. The van der Waals surface area contributed by atoms with Gasteiger partial charge in [-0.1, -0.05) is 132 Å². The van der Waals surface area contributed by atoms with Crippen LogP contribution in [-0.2, 0) is 27.9 Å². The van der Waals surface area contributed by atoms with E-state index >= 15 is 0 Å². The Labute approximate surface area is 342 Å². The van der Waals surface area contributed by atoms with Gasteiger partial charge >= 0.3 is 13.8 Å². The van der Waals surface area contributed by atoms with E-state index in [9.17, 15) is 19.4 Å². The van der Waals surface area contributed by atoms with Gasteiger partial charge in [0.15, 0.2) is 6.10 Å². The van der Waals surface area contributed by atoms with Gasteiger partial charge in [0.1, 0.15) is 19.8 Å². The molecule has 0 fully saturated rings. The number of allylic oxidation sites excluding steroid dienone is 11. The summed E-state index contributed by atoms with van der Waals surface area (Å²) >= 11 is 0. The van der Waals surface area contributed by atoms with E-state index in [1.807, 2.05) is 64.5 Å². The number of phosphoric acid groups is 1. The summed E-state index contributed by atoms with van der Waals surface area (Å²) in [6, 6.07) is 0. The number of ether oxygens (including phenoxy) is 2. The number of carbonyl (C=O) groups excluding carboxylic acids is 1. The molecule has 0 aromatic carbocycles. The molecule has 0 saturated carbocycles. The molecule has 0 amide bonds. The Morgan fingerprint density at radius 2 is 1.25 bits per heavy atom. The predicted molar refractivity (Wildman–Crippen MR) is 234 cm³/mol. The molecule has 0 aliphatic carbocycles. The van der Waals surface area contributed by atoms with Gasteiger partial charge in [-0.05, 0) is 83.1 Å². The van der Waals surface area contributed by atoms with Gasteiger partial charge in [0.05, 0.1) is 40.1 Å². The first kappa shape index (κ1) is 53.5. The Hall–Kier alpha value is -2.52. The number of aliphatic hydroxyl groups excluding tert-OH is 1. The lowest BCUT2D eigenvalue weighted by Gasteiger charge is -2.24. The van der Waals surface area contributed by atoms with E-state index in [4.69, 9.17) is 18.5 Å². The third kappa shape index (κ3) is 41.1. The second-order valence-electron chi connectivity index (χ2n) is 15.2. The summed E-state index contributed by atoms with van der Waals surface area (Å²) in [6.07, 6.45) is 47.8. The molecular formula is C46H81NO8P+. The molecule has 10 heteroatoms. The first-order valence-corrected chi connectivity index (χ1v) is 23.0. The van der Waals surface area contributed by atoms with Crippen LogP contribution < -0.4 is 0 Å². The van der Waals surface area contributed by atoms with Crippen molar-refractivity contribution in [2.75, 3.05) is 47.5 Å². The van der Waals surface area contributed by atoms with Crippen molar-refractivity contribution in [3.63, 3.8) is 0 Å². The molecule has 0 aliphatic rings. The van der Waals surface area contributed by atoms with Gasteiger partial charge in [-0.15, -0.1) is 0 Å². The van der Waals surface area contributed by atoms with Gasteiger partial charge in [-0.3, -0.25) is 13.8 Å². The Kier molecular flexibility index (Phi) is 36.3. The normalized spacial score (nSPS) is 15.1. The van der Waals surface area contributed by atoms with Crippen LogP contribution in [0.2, 0.25) is 0 Å². The highest BCUT2D eigenvalue weighted by Crippen LogP contribution is 2.43. The molecule has 0 rings (SSSR count). The van der Waals surface area contributed by atoms with Crippen LogP contribution >= 0.6 is 7.82 Å². The van der Waals surface area contributed by atoms with Crippen LogP contribution in [0.1, 0.15) is 142 Å². The van der Waals surface area contributed by atoms with Crippen LogP contribution in [0.3, 0.4) is 0 Å². The van der Waals surface area contributed by atoms with Crippen molar-refractivity contribution in [3.05, 3.63) is 85.3 Å². The molecule has 0 bridgehead atoms. The molecule has 0 aliphatic heterocycles. The minimum absolute atomic E-state index is 0.0681. The summed E-state index contributed by atoms with van der Waals surface area (Å²) in [5.74, 6) is -0.353. The number of quaternary nitrogens is 1. The first-order valence-electron chi connectivity index (χ1n) is 21.5. The fourth-order valence-electron chi connectivity index (χ4n) is 5.17. The lowest BCUT2D eigenvalue weighted by molar-refractivity contribution is -0.870. The van der Waals surface area contributed by atoms with Crippen molar-refractivity contribution >= 4 is 13.8 Å². The van der Waals surface area contributed by atoms with Crippen molar-refractivity contribution in [1.29, 1.82) is 0 Å². The molecule has 0 radical (unpaired) electrons. The number of phosphoric ester groups is 1. The number of carbonyl (C=O) groups is 1. The smallest absolute Gasteiger partial charge is 0.472 e. The highest BCUT2D eigenvalue weighted by Gasteiger charge is 2.25. The number of likely N-dealkylation sites (N-methyl/N-ethyl adjacent to an activating group) is 1. The van der Waals surface area contributed by atoms with Crippen molar-refractivity contribution in [2.24, 2.45) is 0 Å². The second-order valence-corrected chi connectivity index (χ2v) is 16.7. The van der Waals surface area contributed by atoms with E-state index in [0.717, 1.165) is 44.9 Å². The molecule has 0 spiro atoms. The molecular weight excluding hydrogens is 725 g/mol. The van der Waals surface area contributed by atoms with Crippen molar-refractivity contribution in [2.45, 2.75) is 154 Å². The summed E-state index contributed by atoms with van der Waals surface area (Å²) in [5, 5.41) is 9.77. The maximum Gasteiger partial charge on any atom is 0.472 e. The van der Waals surface area contributed by atoms with Crippen LogP contribution in [0.15, 0.2) is 85.3 Å². The lowest BCUT2D eigenvalue weighted by Crippen LogP contribution is -2.37. The van der Waals surface area contributed by atoms with Gasteiger partial charge in [-0.2, -0.15) is 0 Å². The van der Waals surface area contributed by atoms with Gasteiger partial charge < -0.3 is 24.0 Å². The van der Waals surface area contributed by atoms with Crippen molar-refractivity contribution in [1.82, 2.24) is 0 Å². The molecule has 56 heavy (non-hydrogen) atoms. The Balaban J connectivity index is 4.46. The van der Waals surface area contributed by atoms with Gasteiger partial charge in [-0.25, -0.2) is 4.57 Å². The van der Waals surface area contributed by atoms with E-state index < -0.39 is 20.0 Å². The average Bonchev–Trinajstić information content (AvgIpc) is 3.15. The van der Waals surface area contributed by atoms with Crippen molar-refractivity contribution < 1.29 is 42.4 Å². The molecule has 2 unspecified atom stereocenters. The number of hydrogen-bond donors (Lipinski definition) is 2. The van der Waals surface area contributed by atoms with Gasteiger partial charge in [0, 0.05) is 6.42 Å². The average molecular weight is 807 g/mol. The van der Waals surface area contributed by atoms with Crippen molar-refractivity contribution in [3.8, 4) is 0 Å². The minimum Gasteiger partial charge on any atom is -0.492 e. The summed E-state index contributed by atoms with van der Waals surface area (Å²) < 4.78 is 34.6. The summed E-state index contributed by atoms with van der Waals surface area (Å²) in [4.78, 5) is 22.6. The Morgan fingerprint density at radius 1 is 0.679 bits per heavy atom. The van der Waals surface area contributed by atoms with E-state index in [1.165, 1.54) is 64.2 Å². The highest BCUT2D eigenvalue weighted by atomic mass is 31.2. The minimum atomic E-state index is -4.29. The Morgan fingerprint density at radius 3 is 1.91 bits per heavy atom. The molecule has 0 aromatic rings. The summed E-state index contributed by atoms with van der Waals surface area (Å²) in [6.45, 7) is 4.55.